The van der Waals surface area contributed by atoms with Crippen molar-refractivity contribution in [3.63, 3.8) is 0 Å². The van der Waals surface area contributed by atoms with Crippen molar-refractivity contribution in [2.75, 3.05) is 26.2 Å². The molecule has 0 atom stereocenters. The molecule has 1 heterocycles. The van der Waals surface area contributed by atoms with E-state index in [0.717, 1.165) is 6.42 Å². The van der Waals surface area contributed by atoms with Crippen LogP contribution >= 0.6 is 23.2 Å². The highest BCUT2D eigenvalue weighted by Crippen LogP contribution is 2.33. The Labute approximate surface area is 175 Å². The minimum absolute atomic E-state index is 0.0775. The van der Waals surface area contributed by atoms with Gasteiger partial charge in [0.25, 0.3) is 0 Å². The van der Waals surface area contributed by atoms with E-state index in [1.165, 1.54) is 16.4 Å². The molecule has 0 saturated carbocycles. The number of halogens is 2. The van der Waals surface area contributed by atoms with Crippen molar-refractivity contribution in [1.29, 1.82) is 0 Å². The van der Waals surface area contributed by atoms with E-state index in [0.29, 0.717) is 19.4 Å². The van der Waals surface area contributed by atoms with Gasteiger partial charge in [0.1, 0.15) is 4.90 Å². The Hall–Kier alpha value is -1.35. The Morgan fingerprint density at radius 1 is 1.11 bits per heavy atom. The molecule has 1 aliphatic rings. The van der Waals surface area contributed by atoms with Gasteiger partial charge in [-0.05, 0) is 31.4 Å². The van der Waals surface area contributed by atoms with E-state index < -0.39 is 10.0 Å². The van der Waals surface area contributed by atoms with Crippen molar-refractivity contribution in [3.8, 4) is 0 Å². The van der Waals surface area contributed by atoms with Gasteiger partial charge in [0.15, 0.2) is 0 Å². The molecule has 0 aliphatic carbocycles. The van der Waals surface area contributed by atoms with Crippen LogP contribution in [0.1, 0.15) is 32.6 Å². The maximum absolute atomic E-state index is 12.9. The average molecular weight is 450 g/mol. The fourth-order valence-electron chi connectivity index (χ4n) is 3.01. The topological polar surface area (TPSA) is 95.6 Å². The van der Waals surface area contributed by atoms with Crippen molar-refractivity contribution < 1.29 is 18.0 Å². The van der Waals surface area contributed by atoms with Gasteiger partial charge in [0.2, 0.25) is 21.8 Å². The Morgan fingerprint density at radius 3 is 2.29 bits per heavy atom. The van der Waals surface area contributed by atoms with Gasteiger partial charge in [-0.25, -0.2) is 8.42 Å². The van der Waals surface area contributed by atoms with Crippen molar-refractivity contribution in [2.24, 2.45) is 5.92 Å². The number of nitrogens with zero attached hydrogens (tertiary/aromatic N) is 1. The Kier molecular flexibility index (Phi) is 8.55. The quantitative estimate of drug-likeness (QED) is 0.636. The molecule has 28 heavy (non-hydrogen) atoms. The minimum Gasteiger partial charge on any atom is -0.356 e. The largest absolute Gasteiger partial charge is 0.356 e. The van der Waals surface area contributed by atoms with E-state index in [1.54, 1.807) is 6.07 Å². The van der Waals surface area contributed by atoms with Gasteiger partial charge < -0.3 is 10.6 Å². The van der Waals surface area contributed by atoms with Crippen LogP contribution < -0.4 is 10.6 Å². The Morgan fingerprint density at radius 2 is 1.71 bits per heavy atom. The molecule has 0 radical (unpaired) electrons. The van der Waals surface area contributed by atoms with Gasteiger partial charge in [-0.2, -0.15) is 4.31 Å². The van der Waals surface area contributed by atoms with Crippen molar-refractivity contribution in [1.82, 2.24) is 14.9 Å². The van der Waals surface area contributed by atoms with E-state index in [4.69, 9.17) is 23.2 Å². The number of carbonyl (C=O) groups excluding carboxylic acids is 2. The number of amides is 2. The first kappa shape index (κ1) is 22.9. The smallest absolute Gasteiger partial charge is 0.246 e. The first-order valence-corrected chi connectivity index (χ1v) is 11.5. The van der Waals surface area contributed by atoms with Crippen LogP contribution in [0.3, 0.4) is 0 Å². The van der Waals surface area contributed by atoms with Crippen LogP contribution in [0.4, 0.5) is 0 Å². The van der Waals surface area contributed by atoms with E-state index >= 15 is 0 Å². The van der Waals surface area contributed by atoms with Crippen LogP contribution in [0.5, 0.6) is 0 Å². The second kappa shape index (κ2) is 10.4. The molecule has 1 fully saturated rings. The molecule has 0 bridgehead atoms. The lowest BCUT2D eigenvalue weighted by molar-refractivity contribution is -0.126. The molecule has 1 aromatic rings. The molecule has 10 heteroatoms. The Balaban J connectivity index is 1.87. The Bertz CT molecular complexity index is 789. The predicted octanol–water partition coefficient (Wildman–Crippen LogP) is 2.43. The molecule has 1 aromatic carbocycles. The monoisotopic (exact) mass is 449 g/mol. The number of hydrogen-bond acceptors (Lipinski definition) is 4. The third kappa shape index (κ3) is 5.83. The van der Waals surface area contributed by atoms with Gasteiger partial charge in [-0.3, -0.25) is 9.59 Å². The van der Waals surface area contributed by atoms with Crippen molar-refractivity contribution in [2.45, 2.75) is 37.5 Å². The summed E-state index contributed by atoms with van der Waals surface area (Å²) in [4.78, 5) is 23.7. The summed E-state index contributed by atoms with van der Waals surface area (Å²) in [6, 6.07) is 4.55. The predicted molar refractivity (Wildman–Crippen MR) is 109 cm³/mol. The van der Waals surface area contributed by atoms with Crippen molar-refractivity contribution in [3.05, 3.63) is 28.2 Å². The maximum Gasteiger partial charge on any atom is 0.246 e. The van der Waals surface area contributed by atoms with Crippen LogP contribution in [0.25, 0.3) is 0 Å². The van der Waals surface area contributed by atoms with Crippen LogP contribution in [-0.2, 0) is 19.6 Å². The van der Waals surface area contributed by atoms with E-state index in [2.05, 4.69) is 10.6 Å². The van der Waals surface area contributed by atoms with Gasteiger partial charge >= 0.3 is 0 Å². The lowest BCUT2D eigenvalue weighted by Crippen LogP contribution is -2.43. The van der Waals surface area contributed by atoms with Gasteiger partial charge in [-0.1, -0.05) is 36.2 Å². The standard InChI is InChI=1S/C18H25Cl2N3O4S/c1-2-9-21-16(24)6-10-22-18(25)13-7-11-23(12-8-13)28(26,27)17-14(19)4-3-5-15(17)20/h3-5,13H,2,6-12H2,1H3,(H,21,24)(H,22,25). The van der Waals surface area contributed by atoms with Gasteiger partial charge in [0, 0.05) is 38.5 Å². The van der Waals surface area contributed by atoms with E-state index in [9.17, 15) is 18.0 Å². The molecule has 0 spiro atoms. The molecule has 7 nitrogen and oxygen atoms in total. The summed E-state index contributed by atoms with van der Waals surface area (Å²) in [6.07, 6.45) is 1.88. The highest BCUT2D eigenvalue weighted by atomic mass is 35.5. The second-order valence-electron chi connectivity index (χ2n) is 6.62. The molecule has 156 valence electrons. The summed E-state index contributed by atoms with van der Waals surface area (Å²) in [7, 11) is -3.82. The summed E-state index contributed by atoms with van der Waals surface area (Å²) in [5.74, 6) is -0.539. The average Bonchev–Trinajstić information content (AvgIpc) is 2.66. The lowest BCUT2D eigenvalue weighted by atomic mass is 9.97. The number of sulfonamides is 1. The molecule has 2 rings (SSSR count). The second-order valence-corrected chi connectivity index (χ2v) is 9.31. The normalized spacial score (nSPS) is 16.0. The van der Waals surface area contributed by atoms with Crippen LogP contribution in [0, 0.1) is 5.92 Å². The van der Waals surface area contributed by atoms with E-state index in [-0.39, 0.29) is 58.7 Å². The molecule has 2 N–H and O–H groups in total. The molecule has 2 amide bonds. The highest BCUT2D eigenvalue weighted by Gasteiger charge is 2.34. The van der Waals surface area contributed by atoms with Crippen LogP contribution in [0.15, 0.2) is 23.1 Å². The fraction of sp³-hybridized carbons (Fsp3) is 0.556. The van der Waals surface area contributed by atoms with Crippen LogP contribution in [0.2, 0.25) is 10.0 Å². The van der Waals surface area contributed by atoms with E-state index in [1.807, 2.05) is 6.92 Å². The molecular formula is C18H25Cl2N3O4S. The SMILES string of the molecule is CCCNC(=O)CCNC(=O)C1CCN(S(=O)(=O)c2c(Cl)cccc2Cl)CC1. The molecule has 0 aromatic heterocycles. The van der Waals surface area contributed by atoms with Gasteiger partial charge in [0.05, 0.1) is 10.0 Å². The lowest BCUT2D eigenvalue weighted by Gasteiger charge is -2.31. The summed E-state index contributed by atoms with van der Waals surface area (Å²) in [5.41, 5.74) is 0. The molecule has 1 saturated heterocycles. The third-order valence-corrected chi connectivity index (χ3v) is 7.42. The number of piperidine rings is 1. The number of benzene rings is 1. The van der Waals surface area contributed by atoms with Crippen molar-refractivity contribution >= 4 is 45.0 Å². The first-order valence-electron chi connectivity index (χ1n) is 9.26. The number of rotatable bonds is 8. The first-order chi connectivity index (χ1) is 13.3. The zero-order chi connectivity index (χ0) is 20.7. The summed E-state index contributed by atoms with van der Waals surface area (Å²) in [5, 5.41) is 5.66. The fourth-order valence-corrected chi connectivity index (χ4v) is 5.57. The molecule has 1 aliphatic heterocycles. The zero-order valence-electron chi connectivity index (χ0n) is 15.7. The minimum atomic E-state index is -3.82. The number of hydrogen-bond donors (Lipinski definition) is 2. The zero-order valence-corrected chi connectivity index (χ0v) is 18.0. The molecular weight excluding hydrogens is 425 g/mol. The maximum atomic E-state index is 12.9. The highest BCUT2D eigenvalue weighted by molar-refractivity contribution is 7.89. The summed E-state index contributed by atoms with van der Waals surface area (Å²) >= 11 is 12.1. The van der Waals surface area contributed by atoms with Gasteiger partial charge in [-0.15, -0.1) is 0 Å². The third-order valence-electron chi connectivity index (χ3n) is 4.56. The number of carbonyl (C=O) groups is 2. The summed E-state index contributed by atoms with van der Waals surface area (Å²) in [6.45, 7) is 3.27. The van der Waals surface area contributed by atoms with Crippen LogP contribution in [-0.4, -0.2) is 50.7 Å². The molecule has 0 unspecified atom stereocenters. The number of nitrogens with one attached hydrogen (secondary N) is 2. The summed E-state index contributed by atoms with van der Waals surface area (Å²) < 4.78 is 27.0.